The van der Waals surface area contributed by atoms with E-state index in [0.29, 0.717) is 18.7 Å². The summed E-state index contributed by atoms with van der Waals surface area (Å²) in [5.74, 6) is -0.898. The molecule has 3 heterocycles. The quantitative estimate of drug-likeness (QED) is 0.202. The highest BCUT2D eigenvalue weighted by Crippen LogP contribution is 2.26. The third-order valence-electron chi connectivity index (χ3n) is 8.36. The van der Waals surface area contributed by atoms with Gasteiger partial charge in [0.15, 0.2) is 0 Å². The number of fused-ring (bicyclic) bond motifs is 1. The number of benzene rings is 3. The van der Waals surface area contributed by atoms with Gasteiger partial charge in [0, 0.05) is 68.8 Å². The topological polar surface area (TPSA) is 75.8 Å². The lowest BCUT2D eigenvalue weighted by molar-refractivity contribution is 0.0450. The van der Waals surface area contributed by atoms with Crippen molar-refractivity contribution in [3.63, 3.8) is 0 Å². The molecule has 0 aliphatic carbocycles. The lowest BCUT2D eigenvalue weighted by Gasteiger charge is -2.35. The first kappa shape index (κ1) is 28.9. The van der Waals surface area contributed by atoms with Crippen LogP contribution in [-0.4, -0.2) is 80.9 Å². The van der Waals surface area contributed by atoms with Gasteiger partial charge >= 0.3 is 5.97 Å². The minimum absolute atomic E-state index is 0.0551. The van der Waals surface area contributed by atoms with Gasteiger partial charge in [0.25, 0.3) is 0 Å². The Balaban J connectivity index is 0.995. The van der Waals surface area contributed by atoms with Crippen molar-refractivity contribution in [2.75, 3.05) is 45.9 Å². The van der Waals surface area contributed by atoms with Gasteiger partial charge in [0.2, 0.25) is 0 Å². The summed E-state index contributed by atoms with van der Waals surface area (Å²) < 4.78 is 10.7. The number of aromatic nitrogens is 3. The second-order valence-electron chi connectivity index (χ2n) is 11.2. The number of hydrogen-bond donors (Lipinski definition) is 1. The lowest BCUT2D eigenvalue weighted by Crippen LogP contribution is -2.47. The number of aryl methyl sites for hydroxylation is 1. The van der Waals surface area contributed by atoms with Crippen molar-refractivity contribution >= 4 is 16.9 Å². The predicted molar refractivity (Wildman–Crippen MR) is 168 cm³/mol. The van der Waals surface area contributed by atoms with E-state index in [2.05, 4.69) is 74.1 Å². The zero-order valence-electron chi connectivity index (χ0n) is 24.5. The van der Waals surface area contributed by atoms with Gasteiger partial charge in [-0.3, -0.25) is 4.90 Å². The number of nitrogens with zero attached hydrogens (tertiary/aromatic N) is 5. The minimum atomic E-state index is -0.898. The van der Waals surface area contributed by atoms with Crippen molar-refractivity contribution in [3.05, 3.63) is 126 Å². The number of carbonyl (C=O) groups is 1. The zero-order valence-corrected chi connectivity index (χ0v) is 24.5. The molecule has 222 valence electrons. The molecule has 6 rings (SSSR count). The molecule has 1 aliphatic rings. The molecule has 1 fully saturated rings. The third kappa shape index (κ3) is 7.22. The zero-order chi connectivity index (χ0) is 29.4. The van der Waals surface area contributed by atoms with Crippen LogP contribution in [0.25, 0.3) is 10.9 Å². The van der Waals surface area contributed by atoms with E-state index in [1.54, 1.807) is 18.3 Å². The van der Waals surface area contributed by atoms with E-state index in [4.69, 9.17) is 4.74 Å². The number of piperazine rings is 1. The lowest BCUT2D eigenvalue weighted by atomic mass is 10.0. The number of rotatable bonds is 13. The SMILES string of the molecule is O=C(O)c1ccc2c(Cn3ccnc3)cn(CCCN3CCN(CCOC(c4ccccc4)c4ccccc4)CC3)c2c1. The highest BCUT2D eigenvalue weighted by atomic mass is 16.5. The summed E-state index contributed by atoms with van der Waals surface area (Å²) in [6.07, 6.45) is 8.66. The number of imidazole rings is 1. The van der Waals surface area contributed by atoms with Crippen molar-refractivity contribution in [2.45, 2.75) is 25.6 Å². The first-order chi connectivity index (χ1) is 21.1. The summed E-state index contributed by atoms with van der Waals surface area (Å²) in [6, 6.07) is 26.3. The smallest absolute Gasteiger partial charge is 0.335 e. The molecule has 3 aromatic carbocycles. The minimum Gasteiger partial charge on any atom is -0.478 e. The predicted octanol–water partition coefficient (Wildman–Crippen LogP) is 5.40. The first-order valence-electron chi connectivity index (χ1n) is 15.1. The van der Waals surface area contributed by atoms with Gasteiger partial charge in [-0.2, -0.15) is 0 Å². The number of ether oxygens (including phenoxy) is 1. The molecule has 43 heavy (non-hydrogen) atoms. The summed E-state index contributed by atoms with van der Waals surface area (Å²) in [5.41, 5.74) is 4.83. The molecule has 5 aromatic rings. The summed E-state index contributed by atoms with van der Waals surface area (Å²) in [5, 5.41) is 10.7. The number of aromatic carboxylic acids is 1. The molecule has 1 saturated heterocycles. The molecule has 0 spiro atoms. The van der Waals surface area contributed by atoms with Gasteiger partial charge in [-0.05, 0) is 41.8 Å². The van der Waals surface area contributed by atoms with Crippen LogP contribution in [0.4, 0.5) is 0 Å². The molecule has 0 radical (unpaired) electrons. The summed E-state index contributed by atoms with van der Waals surface area (Å²) in [7, 11) is 0. The average molecular weight is 578 g/mol. The Kier molecular flexibility index (Phi) is 9.28. The molecule has 1 N–H and O–H groups in total. The molecule has 0 bridgehead atoms. The van der Waals surface area contributed by atoms with E-state index in [9.17, 15) is 9.90 Å². The Morgan fingerprint density at radius 1 is 0.860 bits per heavy atom. The fourth-order valence-electron chi connectivity index (χ4n) is 6.03. The van der Waals surface area contributed by atoms with E-state index in [0.717, 1.165) is 63.1 Å². The first-order valence-corrected chi connectivity index (χ1v) is 15.1. The van der Waals surface area contributed by atoms with Crippen molar-refractivity contribution < 1.29 is 14.6 Å². The van der Waals surface area contributed by atoms with Crippen LogP contribution in [0, 0.1) is 0 Å². The molecular formula is C35H39N5O3. The fourth-order valence-corrected chi connectivity index (χ4v) is 6.03. The van der Waals surface area contributed by atoms with Crippen LogP contribution in [0.2, 0.25) is 0 Å². The molecule has 8 nitrogen and oxygen atoms in total. The van der Waals surface area contributed by atoms with E-state index >= 15 is 0 Å². The highest BCUT2D eigenvalue weighted by molar-refractivity contribution is 5.94. The van der Waals surface area contributed by atoms with Crippen LogP contribution >= 0.6 is 0 Å². The molecule has 8 heteroatoms. The van der Waals surface area contributed by atoms with Crippen LogP contribution in [-0.2, 0) is 17.8 Å². The van der Waals surface area contributed by atoms with Crippen molar-refractivity contribution in [1.29, 1.82) is 0 Å². The third-order valence-corrected chi connectivity index (χ3v) is 8.36. The maximum Gasteiger partial charge on any atom is 0.335 e. The summed E-state index contributed by atoms with van der Waals surface area (Å²) >= 11 is 0. The largest absolute Gasteiger partial charge is 0.478 e. The van der Waals surface area contributed by atoms with Crippen molar-refractivity contribution in [3.8, 4) is 0 Å². The fraction of sp³-hybridized carbons (Fsp3) is 0.314. The standard InChI is InChI=1S/C35H39N5O3/c41-35(42)30-12-13-32-31(25-39-17-14-36-27-39)26-40(33(32)24-30)16-7-15-37-18-20-38(21-19-37)22-23-43-34(28-8-3-1-4-9-28)29-10-5-2-6-11-29/h1-6,8-14,17,24,26-27,34H,7,15-16,18-23,25H2,(H,41,42). The Hall–Kier alpha value is -4.24. The normalized spacial score (nSPS) is 14.5. The van der Waals surface area contributed by atoms with Gasteiger partial charge in [-0.1, -0.05) is 66.7 Å². The van der Waals surface area contributed by atoms with E-state index in [-0.39, 0.29) is 6.10 Å². The van der Waals surface area contributed by atoms with Crippen LogP contribution in [0.5, 0.6) is 0 Å². The molecule has 0 saturated carbocycles. The number of carboxylic acids is 1. The molecule has 2 aromatic heterocycles. The Labute approximate surface area is 252 Å². The molecule has 0 unspecified atom stereocenters. The van der Waals surface area contributed by atoms with Crippen LogP contribution in [0.15, 0.2) is 104 Å². The van der Waals surface area contributed by atoms with Crippen LogP contribution in [0.3, 0.4) is 0 Å². The maximum absolute atomic E-state index is 11.7. The number of carboxylic acid groups (broad SMARTS) is 1. The molecular weight excluding hydrogens is 538 g/mol. The second kappa shape index (κ2) is 13.8. The second-order valence-corrected chi connectivity index (χ2v) is 11.2. The van der Waals surface area contributed by atoms with Gasteiger partial charge in [0.1, 0.15) is 6.10 Å². The van der Waals surface area contributed by atoms with E-state index in [1.165, 1.54) is 16.7 Å². The average Bonchev–Trinajstić information content (AvgIpc) is 3.69. The molecule has 1 aliphatic heterocycles. The van der Waals surface area contributed by atoms with Gasteiger partial charge in [-0.25, -0.2) is 9.78 Å². The van der Waals surface area contributed by atoms with Gasteiger partial charge in [0.05, 0.1) is 25.0 Å². The van der Waals surface area contributed by atoms with Crippen molar-refractivity contribution in [1.82, 2.24) is 23.9 Å². The van der Waals surface area contributed by atoms with Crippen LogP contribution in [0.1, 0.15) is 39.6 Å². The Bertz CT molecular complexity index is 1550. The summed E-state index contributed by atoms with van der Waals surface area (Å²) in [4.78, 5) is 20.9. The van der Waals surface area contributed by atoms with Crippen molar-refractivity contribution in [2.24, 2.45) is 0 Å². The Morgan fingerprint density at radius 2 is 1.53 bits per heavy atom. The van der Waals surface area contributed by atoms with E-state index in [1.807, 2.05) is 35.3 Å². The van der Waals surface area contributed by atoms with E-state index < -0.39 is 5.97 Å². The Morgan fingerprint density at radius 3 is 2.16 bits per heavy atom. The van der Waals surface area contributed by atoms with Gasteiger partial charge < -0.3 is 23.9 Å². The molecule has 0 atom stereocenters. The molecule has 0 amide bonds. The highest BCUT2D eigenvalue weighted by Gasteiger charge is 2.19. The monoisotopic (exact) mass is 577 g/mol. The maximum atomic E-state index is 11.7. The summed E-state index contributed by atoms with van der Waals surface area (Å²) in [6.45, 7) is 8.34. The van der Waals surface area contributed by atoms with Crippen LogP contribution < -0.4 is 0 Å². The number of hydrogen-bond acceptors (Lipinski definition) is 5. The van der Waals surface area contributed by atoms with Gasteiger partial charge in [-0.15, -0.1) is 0 Å².